The number of halogens is 5. The zero-order chi connectivity index (χ0) is 18.9. The summed E-state index contributed by atoms with van der Waals surface area (Å²) in [4.78, 5) is 18.3. The number of hydroxylamine groups is 2. The Kier molecular flexibility index (Phi) is 6.03. The Balaban J connectivity index is 2.28. The molecule has 2 heterocycles. The number of carbonyl (C=O) groups excluding carboxylic acids is 1. The van der Waals surface area contributed by atoms with E-state index in [9.17, 15) is 18.0 Å². The van der Waals surface area contributed by atoms with Gasteiger partial charge in [0.05, 0.1) is 28.1 Å². The number of carbonyl (C=O) groups is 1. The SMILES string of the molecule is CON(C(=O)c1cn(C)nc1C(F)(F)F)C(C)Cc1sc(Cl)cc1Cl. The molecule has 1 atom stereocenters. The lowest BCUT2D eigenvalue weighted by molar-refractivity contribution is -0.143. The molecule has 0 bridgehead atoms. The van der Waals surface area contributed by atoms with Crippen LogP contribution < -0.4 is 0 Å². The zero-order valence-corrected chi connectivity index (χ0v) is 15.7. The van der Waals surface area contributed by atoms with Gasteiger partial charge in [0.1, 0.15) is 0 Å². The largest absolute Gasteiger partial charge is 0.435 e. The van der Waals surface area contributed by atoms with Gasteiger partial charge in [0.25, 0.3) is 5.91 Å². The second-order valence-electron chi connectivity index (χ2n) is 5.25. The van der Waals surface area contributed by atoms with Gasteiger partial charge in [-0.3, -0.25) is 14.3 Å². The van der Waals surface area contributed by atoms with Gasteiger partial charge >= 0.3 is 6.18 Å². The van der Waals surface area contributed by atoms with E-state index in [-0.39, 0.29) is 6.42 Å². The van der Waals surface area contributed by atoms with Crippen molar-refractivity contribution in [3.8, 4) is 0 Å². The average molecular weight is 416 g/mol. The van der Waals surface area contributed by atoms with Gasteiger partial charge < -0.3 is 0 Å². The highest BCUT2D eigenvalue weighted by Crippen LogP contribution is 2.33. The molecule has 0 N–H and O–H groups in total. The average Bonchev–Trinajstić information content (AvgIpc) is 3.02. The van der Waals surface area contributed by atoms with Crippen LogP contribution in [0.4, 0.5) is 13.2 Å². The maximum atomic E-state index is 13.1. The fourth-order valence-corrected chi connectivity index (χ4v) is 4.01. The molecule has 0 aliphatic rings. The van der Waals surface area contributed by atoms with Crippen molar-refractivity contribution in [1.29, 1.82) is 0 Å². The predicted molar refractivity (Wildman–Crippen MR) is 88.9 cm³/mol. The molecule has 5 nitrogen and oxygen atoms in total. The number of alkyl halides is 3. The lowest BCUT2D eigenvalue weighted by atomic mass is 10.1. The first-order valence-electron chi connectivity index (χ1n) is 6.96. The highest BCUT2D eigenvalue weighted by Gasteiger charge is 2.40. The van der Waals surface area contributed by atoms with Crippen LogP contribution in [0.25, 0.3) is 0 Å². The first-order chi connectivity index (χ1) is 11.5. The number of thiophene rings is 1. The molecule has 0 radical (unpaired) electrons. The smallest absolute Gasteiger partial charge is 0.274 e. The van der Waals surface area contributed by atoms with Crippen molar-refractivity contribution in [3.05, 3.63) is 37.8 Å². The van der Waals surface area contributed by atoms with Gasteiger partial charge in [-0.05, 0) is 13.0 Å². The van der Waals surface area contributed by atoms with E-state index in [2.05, 4.69) is 5.10 Å². The number of hydrogen-bond acceptors (Lipinski definition) is 4. The Hall–Kier alpha value is -1.29. The summed E-state index contributed by atoms with van der Waals surface area (Å²) in [5.74, 6) is -0.936. The maximum Gasteiger partial charge on any atom is 0.435 e. The molecule has 0 fully saturated rings. The third-order valence-electron chi connectivity index (χ3n) is 3.33. The van der Waals surface area contributed by atoms with E-state index < -0.39 is 29.4 Å². The van der Waals surface area contributed by atoms with Crippen molar-refractivity contribution in [1.82, 2.24) is 14.8 Å². The van der Waals surface area contributed by atoms with Crippen molar-refractivity contribution in [2.75, 3.05) is 7.11 Å². The monoisotopic (exact) mass is 415 g/mol. The van der Waals surface area contributed by atoms with Crippen LogP contribution in [0.1, 0.15) is 27.9 Å². The fraction of sp³-hybridized carbons (Fsp3) is 0.429. The molecule has 11 heteroatoms. The maximum absolute atomic E-state index is 13.1. The Labute approximate surface area is 155 Å². The first-order valence-corrected chi connectivity index (χ1v) is 8.54. The molecule has 1 amide bonds. The van der Waals surface area contributed by atoms with Crippen molar-refractivity contribution < 1.29 is 22.8 Å². The molecular weight excluding hydrogens is 402 g/mol. The Morgan fingerprint density at radius 1 is 1.48 bits per heavy atom. The van der Waals surface area contributed by atoms with Crippen LogP contribution in [-0.2, 0) is 24.5 Å². The molecule has 138 valence electrons. The predicted octanol–water partition coefficient (Wildman–Crippen LogP) is 4.44. The van der Waals surface area contributed by atoms with Gasteiger partial charge in [-0.2, -0.15) is 18.3 Å². The summed E-state index contributed by atoms with van der Waals surface area (Å²) in [5.41, 5.74) is -1.84. The van der Waals surface area contributed by atoms with Gasteiger partial charge in [0.15, 0.2) is 5.69 Å². The number of aromatic nitrogens is 2. The molecule has 0 aliphatic heterocycles. The third-order valence-corrected chi connectivity index (χ3v) is 5.07. The molecule has 2 aromatic heterocycles. The van der Waals surface area contributed by atoms with E-state index >= 15 is 0 Å². The molecule has 0 aromatic carbocycles. The van der Waals surface area contributed by atoms with E-state index in [4.69, 9.17) is 28.0 Å². The lowest BCUT2D eigenvalue weighted by Crippen LogP contribution is -2.39. The molecule has 1 unspecified atom stereocenters. The summed E-state index contributed by atoms with van der Waals surface area (Å²) in [7, 11) is 2.51. The van der Waals surface area contributed by atoms with Crippen LogP contribution in [0, 0.1) is 0 Å². The number of nitrogens with zero attached hydrogens (tertiary/aromatic N) is 3. The Morgan fingerprint density at radius 2 is 2.12 bits per heavy atom. The summed E-state index contributed by atoms with van der Waals surface area (Å²) >= 11 is 13.2. The molecule has 0 saturated carbocycles. The summed E-state index contributed by atoms with van der Waals surface area (Å²) in [6.45, 7) is 1.63. The van der Waals surface area contributed by atoms with Crippen molar-refractivity contribution >= 4 is 40.4 Å². The van der Waals surface area contributed by atoms with E-state index in [0.717, 1.165) is 15.9 Å². The van der Waals surface area contributed by atoms with Crippen molar-refractivity contribution in [3.63, 3.8) is 0 Å². The van der Waals surface area contributed by atoms with Crippen LogP contribution in [0.2, 0.25) is 9.36 Å². The zero-order valence-electron chi connectivity index (χ0n) is 13.4. The van der Waals surface area contributed by atoms with Gasteiger partial charge in [-0.25, -0.2) is 5.06 Å². The molecule has 25 heavy (non-hydrogen) atoms. The van der Waals surface area contributed by atoms with Crippen LogP contribution >= 0.6 is 34.5 Å². The highest BCUT2D eigenvalue weighted by molar-refractivity contribution is 7.16. The number of rotatable bonds is 5. The van der Waals surface area contributed by atoms with Gasteiger partial charge in [0.2, 0.25) is 0 Å². The van der Waals surface area contributed by atoms with Crippen molar-refractivity contribution in [2.24, 2.45) is 7.05 Å². The van der Waals surface area contributed by atoms with Crippen LogP contribution in [0.3, 0.4) is 0 Å². The normalized spacial score (nSPS) is 13.1. The van der Waals surface area contributed by atoms with Crippen LogP contribution in [-0.4, -0.2) is 33.9 Å². The van der Waals surface area contributed by atoms with Gasteiger partial charge in [-0.15, -0.1) is 11.3 Å². The fourth-order valence-electron chi connectivity index (χ4n) is 2.30. The molecule has 0 aliphatic carbocycles. The topological polar surface area (TPSA) is 47.4 Å². The second kappa shape index (κ2) is 7.53. The lowest BCUT2D eigenvalue weighted by Gasteiger charge is -2.26. The molecule has 2 rings (SSSR count). The van der Waals surface area contributed by atoms with Crippen LogP contribution in [0.5, 0.6) is 0 Å². The number of amides is 1. The molecule has 0 saturated heterocycles. The van der Waals surface area contributed by atoms with Crippen LogP contribution in [0.15, 0.2) is 12.3 Å². The molecule has 2 aromatic rings. The number of aryl methyl sites for hydroxylation is 1. The first kappa shape index (κ1) is 20.0. The minimum Gasteiger partial charge on any atom is -0.274 e. The number of hydrogen-bond donors (Lipinski definition) is 0. The summed E-state index contributed by atoms with van der Waals surface area (Å²) in [6, 6.07) is 0.989. The quantitative estimate of drug-likeness (QED) is 0.678. The Morgan fingerprint density at radius 3 is 2.60 bits per heavy atom. The summed E-state index contributed by atoms with van der Waals surface area (Å²) in [6.07, 6.45) is -3.46. The van der Waals surface area contributed by atoms with E-state index in [1.54, 1.807) is 13.0 Å². The Bertz CT molecular complexity index is 776. The van der Waals surface area contributed by atoms with E-state index in [1.807, 2.05) is 0 Å². The van der Waals surface area contributed by atoms with E-state index in [1.165, 1.54) is 25.5 Å². The third kappa shape index (κ3) is 4.46. The summed E-state index contributed by atoms with van der Waals surface area (Å²) in [5, 5.41) is 4.64. The summed E-state index contributed by atoms with van der Waals surface area (Å²) < 4.78 is 40.6. The molecular formula is C14H14Cl2F3N3O2S. The minimum atomic E-state index is -4.75. The van der Waals surface area contributed by atoms with E-state index in [0.29, 0.717) is 14.2 Å². The van der Waals surface area contributed by atoms with Gasteiger partial charge in [0, 0.05) is 24.5 Å². The minimum absolute atomic E-state index is 0.275. The second-order valence-corrected chi connectivity index (χ2v) is 7.43. The standard InChI is InChI=1S/C14H14Cl2F3N3O2S/c1-7(4-10-9(15)5-11(16)25-10)22(24-3)13(23)8-6-21(2)20-12(8)14(17,18)19/h5-7H,4H2,1-3H3. The molecule has 0 spiro atoms. The van der Waals surface area contributed by atoms with Gasteiger partial charge in [-0.1, -0.05) is 23.2 Å². The van der Waals surface area contributed by atoms with Crippen molar-refractivity contribution in [2.45, 2.75) is 25.6 Å². The highest BCUT2D eigenvalue weighted by atomic mass is 35.5.